The second-order valence-electron chi connectivity index (χ2n) is 6.19. The van der Waals surface area contributed by atoms with Crippen molar-refractivity contribution in [2.24, 2.45) is 5.92 Å². The van der Waals surface area contributed by atoms with E-state index in [9.17, 15) is 20.0 Å². The average Bonchev–Trinajstić information content (AvgIpc) is 2.64. The van der Waals surface area contributed by atoms with E-state index in [1.165, 1.54) is 4.68 Å². The lowest BCUT2D eigenvalue weighted by Gasteiger charge is -2.24. The van der Waals surface area contributed by atoms with Crippen molar-refractivity contribution in [3.05, 3.63) is 21.5 Å². The molecule has 128 valence electrons. The normalized spacial score (nSPS) is 21.7. The number of nitrogens with one attached hydrogen (secondary N) is 1. The summed E-state index contributed by atoms with van der Waals surface area (Å²) in [6.07, 6.45) is 4.99. The Balaban J connectivity index is 2.04. The first-order chi connectivity index (χ1) is 10.9. The number of aromatic nitrogens is 2. The second-order valence-corrected chi connectivity index (χ2v) is 6.19. The SMILES string of the molecule is Cc1nn(CC(=O)NC2CCCCCC2CO)c(C)c1[N+](=O)[O-]. The van der Waals surface area contributed by atoms with E-state index in [1.54, 1.807) is 13.8 Å². The highest BCUT2D eigenvalue weighted by atomic mass is 16.6. The van der Waals surface area contributed by atoms with Crippen LogP contribution in [-0.2, 0) is 11.3 Å². The van der Waals surface area contributed by atoms with Crippen LogP contribution in [0.5, 0.6) is 0 Å². The smallest absolute Gasteiger partial charge is 0.312 e. The van der Waals surface area contributed by atoms with Crippen LogP contribution >= 0.6 is 0 Å². The number of nitrogens with zero attached hydrogens (tertiary/aromatic N) is 3. The van der Waals surface area contributed by atoms with Gasteiger partial charge in [0.1, 0.15) is 17.9 Å². The quantitative estimate of drug-likeness (QED) is 0.484. The summed E-state index contributed by atoms with van der Waals surface area (Å²) in [5, 5.41) is 27.5. The lowest BCUT2D eigenvalue weighted by Crippen LogP contribution is -2.42. The number of carbonyl (C=O) groups excluding carboxylic acids is 1. The number of aryl methyl sites for hydroxylation is 1. The number of rotatable bonds is 5. The van der Waals surface area contributed by atoms with Gasteiger partial charge in [-0.05, 0) is 26.7 Å². The molecule has 2 rings (SSSR count). The van der Waals surface area contributed by atoms with Gasteiger partial charge in [0.2, 0.25) is 5.91 Å². The summed E-state index contributed by atoms with van der Waals surface area (Å²) in [6, 6.07) is -0.0399. The van der Waals surface area contributed by atoms with Crippen LogP contribution in [0.4, 0.5) is 5.69 Å². The zero-order valence-electron chi connectivity index (χ0n) is 13.6. The van der Waals surface area contributed by atoms with Crippen molar-refractivity contribution in [1.29, 1.82) is 0 Å². The second kappa shape index (κ2) is 7.54. The third kappa shape index (κ3) is 4.07. The summed E-state index contributed by atoms with van der Waals surface area (Å²) in [6.45, 7) is 3.17. The third-order valence-electron chi connectivity index (χ3n) is 4.56. The van der Waals surface area contributed by atoms with E-state index in [0.29, 0.717) is 11.4 Å². The van der Waals surface area contributed by atoms with Crippen LogP contribution in [0.1, 0.15) is 43.5 Å². The molecule has 8 heteroatoms. The van der Waals surface area contributed by atoms with E-state index in [0.717, 1.165) is 32.1 Å². The van der Waals surface area contributed by atoms with Crippen LogP contribution in [-0.4, -0.2) is 38.4 Å². The molecule has 1 aromatic heterocycles. The van der Waals surface area contributed by atoms with Gasteiger partial charge in [0.05, 0.1) is 4.92 Å². The molecule has 1 aromatic rings. The van der Waals surface area contributed by atoms with Crippen molar-refractivity contribution in [1.82, 2.24) is 15.1 Å². The number of hydrogen-bond donors (Lipinski definition) is 2. The first-order valence-corrected chi connectivity index (χ1v) is 8.02. The Morgan fingerprint density at radius 1 is 1.39 bits per heavy atom. The molecular formula is C15H24N4O4. The minimum Gasteiger partial charge on any atom is -0.396 e. The Bertz CT molecular complexity index is 584. The highest BCUT2D eigenvalue weighted by Gasteiger charge is 2.26. The zero-order valence-corrected chi connectivity index (χ0v) is 13.6. The van der Waals surface area contributed by atoms with E-state index >= 15 is 0 Å². The molecule has 2 N–H and O–H groups in total. The van der Waals surface area contributed by atoms with Gasteiger partial charge in [0.25, 0.3) is 0 Å². The van der Waals surface area contributed by atoms with E-state index in [2.05, 4.69) is 10.4 Å². The number of amides is 1. The van der Waals surface area contributed by atoms with E-state index in [-0.39, 0.29) is 36.7 Å². The largest absolute Gasteiger partial charge is 0.396 e. The van der Waals surface area contributed by atoms with Gasteiger partial charge in [-0.1, -0.05) is 19.3 Å². The molecule has 1 fully saturated rings. The van der Waals surface area contributed by atoms with E-state index < -0.39 is 4.92 Å². The van der Waals surface area contributed by atoms with Gasteiger partial charge in [0, 0.05) is 18.6 Å². The maximum atomic E-state index is 12.3. The molecule has 1 aliphatic rings. The fourth-order valence-corrected chi connectivity index (χ4v) is 3.29. The minimum absolute atomic E-state index is 0.0399. The lowest BCUT2D eigenvalue weighted by atomic mass is 9.95. The summed E-state index contributed by atoms with van der Waals surface area (Å²) in [4.78, 5) is 22.8. The van der Waals surface area contributed by atoms with Crippen LogP contribution in [0, 0.1) is 29.9 Å². The molecule has 0 radical (unpaired) electrons. The lowest BCUT2D eigenvalue weighted by molar-refractivity contribution is -0.386. The Morgan fingerprint density at radius 3 is 2.70 bits per heavy atom. The average molecular weight is 324 g/mol. The third-order valence-corrected chi connectivity index (χ3v) is 4.56. The molecule has 0 saturated heterocycles. The van der Waals surface area contributed by atoms with Crippen LogP contribution < -0.4 is 5.32 Å². The van der Waals surface area contributed by atoms with Crippen LogP contribution in [0.25, 0.3) is 0 Å². The first-order valence-electron chi connectivity index (χ1n) is 8.02. The molecule has 8 nitrogen and oxygen atoms in total. The Morgan fingerprint density at radius 2 is 2.09 bits per heavy atom. The molecule has 2 unspecified atom stereocenters. The Labute approximate surface area is 135 Å². The summed E-state index contributed by atoms with van der Waals surface area (Å²) < 4.78 is 1.37. The minimum atomic E-state index is -0.473. The first kappa shape index (κ1) is 17.4. The van der Waals surface area contributed by atoms with E-state index in [4.69, 9.17) is 0 Å². The maximum absolute atomic E-state index is 12.3. The molecule has 0 aliphatic heterocycles. The standard InChI is InChI=1S/C15H24N4O4/c1-10-15(19(22)23)11(2)18(17-10)8-14(21)16-13-7-5-3-4-6-12(13)9-20/h12-13,20H,3-9H2,1-2H3,(H,16,21). The van der Waals surface area contributed by atoms with Crippen LogP contribution in [0.3, 0.4) is 0 Å². The van der Waals surface area contributed by atoms with Gasteiger partial charge in [-0.3, -0.25) is 19.6 Å². The van der Waals surface area contributed by atoms with Gasteiger partial charge in [-0.25, -0.2) is 0 Å². The zero-order chi connectivity index (χ0) is 17.0. The Kier molecular flexibility index (Phi) is 5.70. The number of aliphatic hydroxyl groups excluding tert-OH is 1. The molecule has 0 spiro atoms. The topological polar surface area (TPSA) is 110 Å². The van der Waals surface area contributed by atoms with E-state index in [1.807, 2.05) is 0 Å². The molecule has 2 atom stereocenters. The fraction of sp³-hybridized carbons (Fsp3) is 0.733. The molecule has 0 bridgehead atoms. The molecule has 23 heavy (non-hydrogen) atoms. The van der Waals surface area contributed by atoms with Crippen molar-refractivity contribution < 1.29 is 14.8 Å². The molecule has 1 amide bonds. The predicted molar refractivity (Wildman–Crippen MR) is 83.9 cm³/mol. The highest BCUT2D eigenvalue weighted by Crippen LogP contribution is 2.24. The van der Waals surface area contributed by atoms with Crippen molar-refractivity contribution in [2.45, 2.75) is 58.5 Å². The summed E-state index contributed by atoms with van der Waals surface area (Å²) >= 11 is 0. The Hall–Kier alpha value is -1.96. The molecular weight excluding hydrogens is 300 g/mol. The van der Waals surface area contributed by atoms with Gasteiger partial charge < -0.3 is 10.4 Å². The van der Waals surface area contributed by atoms with Crippen molar-refractivity contribution in [2.75, 3.05) is 6.61 Å². The van der Waals surface area contributed by atoms with Crippen molar-refractivity contribution in [3.8, 4) is 0 Å². The van der Waals surface area contributed by atoms with Gasteiger partial charge in [-0.15, -0.1) is 0 Å². The maximum Gasteiger partial charge on any atom is 0.312 e. The summed E-state index contributed by atoms with van der Waals surface area (Å²) in [7, 11) is 0. The van der Waals surface area contributed by atoms with Crippen LogP contribution in [0.15, 0.2) is 0 Å². The number of carbonyl (C=O) groups is 1. The summed E-state index contributed by atoms with van der Waals surface area (Å²) in [5.41, 5.74) is 0.644. The van der Waals surface area contributed by atoms with Gasteiger partial charge in [-0.2, -0.15) is 5.10 Å². The van der Waals surface area contributed by atoms with Gasteiger partial charge >= 0.3 is 5.69 Å². The van der Waals surface area contributed by atoms with Crippen molar-refractivity contribution >= 4 is 11.6 Å². The number of aliphatic hydroxyl groups is 1. The molecule has 1 aliphatic carbocycles. The predicted octanol–water partition coefficient (Wildman–Crippen LogP) is 1.47. The van der Waals surface area contributed by atoms with Gasteiger partial charge in [0.15, 0.2) is 0 Å². The molecule has 1 heterocycles. The van der Waals surface area contributed by atoms with Crippen LogP contribution in [0.2, 0.25) is 0 Å². The summed E-state index contributed by atoms with van der Waals surface area (Å²) in [5.74, 6) is -0.146. The highest BCUT2D eigenvalue weighted by molar-refractivity contribution is 5.76. The molecule has 1 saturated carbocycles. The van der Waals surface area contributed by atoms with Crippen molar-refractivity contribution in [3.63, 3.8) is 0 Å². The number of nitro groups is 1. The molecule has 0 aromatic carbocycles. The monoisotopic (exact) mass is 324 g/mol. The number of hydrogen-bond acceptors (Lipinski definition) is 5. The fourth-order valence-electron chi connectivity index (χ4n) is 3.29.